The number of sulfonamides is 1. The minimum atomic E-state index is -4.74. The van der Waals surface area contributed by atoms with Gasteiger partial charge in [-0.15, -0.1) is 0 Å². The topological polar surface area (TPSA) is 107 Å². The molecule has 2 saturated heterocycles. The number of epoxide rings is 1. The van der Waals surface area contributed by atoms with Gasteiger partial charge in [-0.2, -0.15) is 28.0 Å². The van der Waals surface area contributed by atoms with E-state index in [1.807, 2.05) is 0 Å². The lowest BCUT2D eigenvalue weighted by Crippen LogP contribution is -2.35. The zero-order valence-corrected chi connectivity index (χ0v) is 17.7. The Morgan fingerprint density at radius 1 is 1.15 bits per heavy atom. The number of halogens is 4. The van der Waals surface area contributed by atoms with Crippen LogP contribution in [-0.2, 0) is 20.9 Å². The van der Waals surface area contributed by atoms with Crippen LogP contribution in [0.15, 0.2) is 41.3 Å². The largest absolute Gasteiger partial charge is 0.486 e. The normalized spacial score (nSPS) is 24.9. The molecule has 0 aromatic heterocycles. The van der Waals surface area contributed by atoms with Gasteiger partial charge in [0.15, 0.2) is 0 Å². The maximum absolute atomic E-state index is 13.9. The lowest BCUT2D eigenvalue weighted by Gasteiger charge is -2.18. The van der Waals surface area contributed by atoms with Crippen molar-refractivity contribution in [3.05, 3.63) is 58.9 Å². The molecule has 2 aliphatic heterocycles. The summed E-state index contributed by atoms with van der Waals surface area (Å²) in [4.78, 5) is -0.563. The third kappa shape index (κ3) is 3.91. The van der Waals surface area contributed by atoms with Crippen molar-refractivity contribution in [2.24, 2.45) is 0 Å². The third-order valence-corrected chi connectivity index (χ3v) is 7.62. The van der Waals surface area contributed by atoms with Gasteiger partial charge in [-0.1, -0.05) is 0 Å². The molecule has 2 fully saturated rings. The summed E-state index contributed by atoms with van der Waals surface area (Å²) < 4.78 is 91.7. The summed E-state index contributed by atoms with van der Waals surface area (Å²) in [7, 11) is -4.38. The molecule has 0 bridgehead atoms. The average Bonchev–Trinajstić information content (AvgIpc) is 3.25. The first-order chi connectivity index (χ1) is 15.4. The maximum Gasteiger partial charge on any atom is 0.416 e. The van der Waals surface area contributed by atoms with Gasteiger partial charge in [0.2, 0.25) is 10.0 Å². The molecule has 2 aromatic carbocycles. The lowest BCUT2D eigenvalue weighted by atomic mass is 10.0. The van der Waals surface area contributed by atoms with Crippen LogP contribution in [0.3, 0.4) is 0 Å². The van der Waals surface area contributed by atoms with Crippen molar-refractivity contribution in [2.75, 3.05) is 13.1 Å². The molecule has 7 nitrogen and oxygen atoms in total. The Kier molecular flexibility index (Phi) is 5.36. The Labute approximate surface area is 186 Å². The molecule has 2 aromatic rings. The van der Waals surface area contributed by atoms with Gasteiger partial charge in [-0.3, -0.25) is 0 Å². The minimum absolute atomic E-state index is 0.0602. The Balaban J connectivity index is 1.64. The third-order valence-electron chi connectivity index (χ3n) is 5.75. The summed E-state index contributed by atoms with van der Waals surface area (Å²) in [5, 5.41) is 18.1. The second kappa shape index (κ2) is 7.70. The van der Waals surface area contributed by atoms with Gasteiger partial charge in [0.25, 0.3) is 0 Å². The predicted molar refractivity (Wildman–Crippen MR) is 104 cm³/mol. The van der Waals surface area contributed by atoms with Crippen molar-refractivity contribution in [3.63, 3.8) is 0 Å². The molecule has 12 heteroatoms. The van der Waals surface area contributed by atoms with Crippen molar-refractivity contribution < 1.29 is 35.5 Å². The molecule has 0 amide bonds. The van der Waals surface area contributed by atoms with E-state index in [1.54, 1.807) is 13.0 Å². The number of rotatable bonds is 4. The predicted octanol–water partition coefficient (Wildman–Crippen LogP) is 3.20. The monoisotopic (exact) mass is 481 g/mol. The van der Waals surface area contributed by atoms with Crippen LogP contribution in [0.5, 0.6) is 5.75 Å². The van der Waals surface area contributed by atoms with Gasteiger partial charge in [-0.05, 0) is 37.3 Å². The zero-order valence-electron chi connectivity index (χ0n) is 16.9. The Hall–Kier alpha value is -3.19. The van der Waals surface area contributed by atoms with Gasteiger partial charge in [0.05, 0.1) is 34.2 Å². The van der Waals surface area contributed by atoms with Gasteiger partial charge < -0.3 is 9.47 Å². The molecule has 3 atom stereocenters. The molecule has 0 N–H and O–H groups in total. The molecule has 2 aliphatic rings. The summed E-state index contributed by atoms with van der Waals surface area (Å²) in [6, 6.07) is 8.63. The van der Waals surface area contributed by atoms with Crippen LogP contribution in [0.2, 0.25) is 0 Å². The van der Waals surface area contributed by atoms with Crippen molar-refractivity contribution in [1.82, 2.24) is 4.31 Å². The van der Waals surface area contributed by atoms with Gasteiger partial charge in [-0.25, -0.2) is 12.8 Å². The molecule has 0 radical (unpaired) electrons. The van der Waals surface area contributed by atoms with Gasteiger partial charge in [0.1, 0.15) is 35.4 Å². The number of nitriles is 2. The zero-order chi connectivity index (χ0) is 24.2. The molecule has 0 saturated carbocycles. The molecular weight excluding hydrogens is 466 g/mol. The minimum Gasteiger partial charge on any atom is -0.486 e. The van der Waals surface area contributed by atoms with Crippen LogP contribution < -0.4 is 4.74 Å². The maximum atomic E-state index is 13.9. The standard InChI is InChI=1S/C21H15F4N3O4S/c1-12-20(32-12)11-28(10-19(20)31-16-4-2-13(8-26)17(22)7-16)33(29,30)18-5-3-15(21(23,24)25)6-14(18)9-27/h2-7,12,19H,10-11H2,1H3/t12-,19+,20+/m1/s1. The highest BCUT2D eigenvalue weighted by molar-refractivity contribution is 7.89. The second-order valence-corrected chi connectivity index (χ2v) is 9.60. The summed E-state index contributed by atoms with van der Waals surface area (Å²) in [5.41, 5.74) is -2.99. The highest BCUT2D eigenvalue weighted by atomic mass is 32.2. The fraction of sp³-hybridized carbons (Fsp3) is 0.333. The van der Waals surface area contributed by atoms with E-state index in [0.29, 0.717) is 12.1 Å². The van der Waals surface area contributed by atoms with Crippen molar-refractivity contribution in [3.8, 4) is 17.9 Å². The number of nitrogens with zero attached hydrogens (tertiary/aromatic N) is 3. The van der Waals surface area contributed by atoms with Crippen LogP contribution in [0, 0.1) is 28.5 Å². The number of benzene rings is 2. The van der Waals surface area contributed by atoms with E-state index < -0.39 is 55.8 Å². The quantitative estimate of drug-likeness (QED) is 0.491. The van der Waals surface area contributed by atoms with E-state index in [2.05, 4.69) is 0 Å². The number of ether oxygens (including phenoxy) is 2. The highest BCUT2D eigenvalue weighted by Gasteiger charge is 2.66. The van der Waals surface area contributed by atoms with Crippen LogP contribution in [-0.4, -0.2) is 43.6 Å². The number of hydrogen-bond donors (Lipinski definition) is 0. The van der Waals surface area contributed by atoms with E-state index >= 15 is 0 Å². The first-order valence-corrected chi connectivity index (χ1v) is 11.0. The lowest BCUT2D eigenvalue weighted by molar-refractivity contribution is -0.137. The SMILES string of the molecule is C[C@H]1O[C@@]12CN(S(=O)(=O)c1ccc(C(F)(F)F)cc1C#N)C[C@@H]2Oc1ccc(C#N)c(F)c1. The van der Waals surface area contributed by atoms with E-state index in [9.17, 15) is 31.2 Å². The van der Waals surface area contributed by atoms with Crippen LogP contribution >= 0.6 is 0 Å². The Morgan fingerprint density at radius 2 is 1.82 bits per heavy atom. The molecule has 1 spiro atoms. The molecule has 33 heavy (non-hydrogen) atoms. The Morgan fingerprint density at radius 3 is 2.36 bits per heavy atom. The molecule has 0 aliphatic carbocycles. The van der Waals surface area contributed by atoms with E-state index in [0.717, 1.165) is 16.4 Å². The highest BCUT2D eigenvalue weighted by Crippen LogP contribution is 2.47. The van der Waals surface area contributed by atoms with E-state index in [4.69, 9.17) is 14.7 Å². The van der Waals surface area contributed by atoms with Crippen molar-refractivity contribution in [2.45, 2.75) is 35.8 Å². The molecule has 2 heterocycles. The smallest absolute Gasteiger partial charge is 0.416 e. The average molecular weight is 481 g/mol. The van der Waals surface area contributed by atoms with Crippen molar-refractivity contribution >= 4 is 10.0 Å². The van der Waals surface area contributed by atoms with Crippen LogP contribution in [0.1, 0.15) is 23.6 Å². The first kappa shape index (κ1) is 23.0. The fourth-order valence-corrected chi connectivity index (χ4v) is 5.49. The summed E-state index contributed by atoms with van der Waals surface area (Å²) in [6.07, 6.45) is -5.98. The molecule has 0 unspecified atom stereocenters. The van der Waals surface area contributed by atoms with Crippen LogP contribution in [0.25, 0.3) is 0 Å². The first-order valence-electron chi connectivity index (χ1n) is 9.58. The van der Waals surface area contributed by atoms with E-state index in [-0.39, 0.29) is 24.4 Å². The van der Waals surface area contributed by atoms with Crippen molar-refractivity contribution in [1.29, 1.82) is 10.5 Å². The van der Waals surface area contributed by atoms with Gasteiger partial charge >= 0.3 is 6.18 Å². The number of hydrogen-bond acceptors (Lipinski definition) is 6. The molecule has 4 rings (SSSR count). The van der Waals surface area contributed by atoms with E-state index in [1.165, 1.54) is 18.2 Å². The second-order valence-electron chi connectivity index (χ2n) is 7.69. The summed E-state index contributed by atoms with van der Waals surface area (Å²) >= 11 is 0. The number of alkyl halides is 3. The molecule has 172 valence electrons. The summed E-state index contributed by atoms with van der Waals surface area (Å²) in [6.45, 7) is 1.30. The van der Waals surface area contributed by atoms with Crippen LogP contribution in [0.4, 0.5) is 17.6 Å². The fourth-order valence-electron chi connectivity index (χ4n) is 3.88. The Bertz CT molecular complexity index is 1320. The van der Waals surface area contributed by atoms with Gasteiger partial charge in [0, 0.05) is 12.6 Å². The summed E-state index contributed by atoms with van der Waals surface area (Å²) in [5.74, 6) is -0.746. The molecular formula is C21H15F4N3O4S.